The maximum Gasteiger partial charge on any atom is 0.253 e. The van der Waals surface area contributed by atoms with Gasteiger partial charge in [-0.05, 0) is 57.1 Å². The largest absolute Gasteiger partial charge is 0.378 e. The van der Waals surface area contributed by atoms with E-state index in [2.05, 4.69) is 31.1 Å². The number of rotatable bonds is 4. The van der Waals surface area contributed by atoms with Crippen molar-refractivity contribution in [2.75, 3.05) is 53.2 Å². The Hall–Kier alpha value is -1.55. The summed E-state index contributed by atoms with van der Waals surface area (Å²) >= 11 is 0. The minimum atomic E-state index is 0.154. The van der Waals surface area contributed by atoms with E-state index < -0.39 is 0 Å². The number of nitrogens with zero attached hydrogens (tertiary/aromatic N) is 3. The summed E-state index contributed by atoms with van der Waals surface area (Å²) in [7, 11) is 10.1. The van der Waals surface area contributed by atoms with E-state index in [1.54, 1.807) is 0 Å². The van der Waals surface area contributed by atoms with Crippen molar-refractivity contribution in [3.63, 3.8) is 0 Å². The third kappa shape index (κ3) is 3.76. The molecule has 0 N–H and O–H groups in total. The third-order valence-electron chi connectivity index (χ3n) is 4.21. The Kier molecular flexibility index (Phi) is 4.88. The maximum atomic E-state index is 12.6. The van der Waals surface area contributed by atoms with Crippen LogP contribution in [0.4, 0.5) is 5.69 Å². The molecule has 4 heteroatoms. The smallest absolute Gasteiger partial charge is 0.253 e. The van der Waals surface area contributed by atoms with E-state index in [1.807, 2.05) is 37.0 Å². The molecule has 0 bridgehead atoms. The van der Waals surface area contributed by atoms with Crippen molar-refractivity contribution in [3.8, 4) is 0 Å². The van der Waals surface area contributed by atoms with Crippen molar-refractivity contribution in [1.29, 1.82) is 0 Å². The predicted molar refractivity (Wildman–Crippen MR) is 88.1 cm³/mol. The van der Waals surface area contributed by atoms with Crippen LogP contribution < -0.4 is 4.90 Å². The summed E-state index contributed by atoms with van der Waals surface area (Å²) < 4.78 is 0. The number of anilines is 1. The van der Waals surface area contributed by atoms with Gasteiger partial charge in [-0.3, -0.25) is 4.79 Å². The lowest BCUT2D eigenvalue weighted by Gasteiger charge is -2.21. The normalized spacial score (nSPS) is 18.7. The second-order valence-corrected chi connectivity index (χ2v) is 6.58. The number of amides is 1. The van der Waals surface area contributed by atoms with E-state index in [4.69, 9.17) is 0 Å². The third-order valence-corrected chi connectivity index (χ3v) is 4.21. The Balaban J connectivity index is 2.26. The van der Waals surface area contributed by atoms with Crippen molar-refractivity contribution in [1.82, 2.24) is 9.80 Å². The molecule has 0 saturated carbocycles. The molecule has 1 atom stereocenters. The van der Waals surface area contributed by atoms with E-state index in [0.29, 0.717) is 5.92 Å². The number of carbonyl (C=O) groups is 1. The summed E-state index contributed by atoms with van der Waals surface area (Å²) in [5.41, 5.74) is 3.15. The molecule has 4 nitrogen and oxygen atoms in total. The second-order valence-electron chi connectivity index (χ2n) is 6.58. The van der Waals surface area contributed by atoms with Crippen LogP contribution in [0.1, 0.15) is 22.3 Å². The first-order valence-corrected chi connectivity index (χ1v) is 7.59. The Morgan fingerprint density at radius 1 is 1.24 bits per heavy atom. The summed E-state index contributed by atoms with van der Waals surface area (Å²) in [6.45, 7) is 1.91. The molecule has 1 amide bonds. The fourth-order valence-corrected chi connectivity index (χ4v) is 2.91. The fourth-order valence-electron chi connectivity index (χ4n) is 2.91. The summed E-state index contributed by atoms with van der Waals surface area (Å²) in [5.74, 6) is 0.689. The van der Waals surface area contributed by atoms with Gasteiger partial charge in [-0.15, -0.1) is 0 Å². The molecule has 1 aromatic rings. The van der Waals surface area contributed by atoms with Gasteiger partial charge in [0.05, 0.1) is 0 Å². The topological polar surface area (TPSA) is 26.8 Å². The minimum Gasteiger partial charge on any atom is -0.378 e. The van der Waals surface area contributed by atoms with Gasteiger partial charge in [0.2, 0.25) is 0 Å². The zero-order valence-corrected chi connectivity index (χ0v) is 13.9. The van der Waals surface area contributed by atoms with Crippen LogP contribution in [-0.4, -0.2) is 64.0 Å². The first-order chi connectivity index (χ1) is 9.88. The van der Waals surface area contributed by atoms with Crippen molar-refractivity contribution in [2.45, 2.75) is 12.8 Å². The summed E-state index contributed by atoms with van der Waals surface area (Å²) in [6.07, 6.45) is 2.12. The SMILES string of the molecule is CN(C)CCC1Cc2ccc(N(C)C)cc2C(=O)N(C)C1. The lowest BCUT2D eigenvalue weighted by atomic mass is 9.94. The van der Waals surface area contributed by atoms with Crippen LogP contribution in [0.2, 0.25) is 0 Å². The number of carbonyl (C=O) groups excluding carboxylic acids is 1. The highest BCUT2D eigenvalue weighted by molar-refractivity contribution is 5.97. The van der Waals surface area contributed by atoms with Gasteiger partial charge in [-0.25, -0.2) is 0 Å². The van der Waals surface area contributed by atoms with Gasteiger partial charge < -0.3 is 14.7 Å². The molecule has 0 spiro atoms. The Bertz CT molecular complexity index is 511. The van der Waals surface area contributed by atoms with Crippen molar-refractivity contribution < 1.29 is 4.79 Å². The molecule has 2 rings (SSSR count). The molecule has 0 radical (unpaired) electrons. The van der Waals surface area contributed by atoms with Gasteiger partial charge in [-0.2, -0.15) is 0 Å². The molecular weight excluding hydrogens is 262 g/mol. The average molecular weight is 289 g/mol. The molecule has 0 aromatic heterocycles. The van der Waals surface area contributed by atoms with E-state index in [0.717, 1.165) is 37.2 Å². The molecule has 1 aromatic carbocycles. The van der Waals surface area contributed by atoms with Crippen LogP contribution >= 0.6 is 0 Å². The van der Waals surface area contributed by atoms with Crippen molar-refractivity contribution in [3.05, 3.63) is 29.3 Å². The van der Waals surface area contributed by atoms with Crippen molar-refractivity contribution in [2.24, 2.45) is 5.92 Å². The molecule has 0 saturated heterocycles. The van der Waals surface area contributed by atoms with E-state index in [-0.39, 0.29) is 5.91 Å². The Morgan fingerprint density at radius 2 is 1.95 bits per heavy atom. The highest BCUT2D eigenvalue weighted by Gasteiger charge is 2.25. The Morgan fingerprint density at radius 3 is 2.57 bits per heavy atom. The second kappa shape index (κ2) is 6.48. The molecule has 21 heavy (non-hydrogen) atoms. The number of benzene rings is 1. The number of fused-ring (bicyclic) bond motifs is 1. The first-order valence-electron chi connectivity index (χ1n) is 7.59. The van der Waals surface area contributed by atoms with Gasteiger partial charge in [0.25, 0.3) is 5.91 Å². The monoisotopic (exact) mass is 289 g/mol. The van der Waals surface area contributed by atoms with Gasteiger partial charge in [0.1, 0.15) is 0 Å². The molecule has 0 fully saturated rings. The van der Waals surface area contributed by atoms with Crippen LogP contribution in [0.15, 0.2) is 18.2 Å². The van der Waals surface area contributed by atoms with E-state index >= 15 is 0 Å². The molecule has 1 heterocycles. The first kappa shape index (κ1) is 15.8. The predicted octanol–water partition coefficient (Wildman–Crippen LogP) is 1.95. The summed E-state index contributed by atoms with van der Waals surface area (Å²) in [4.78, 5) is 18.7. The summed E-state index contributed by atoms with van der Waals surface area (Å²) in [6, 6.07) is 6.27. The quantitative estimate of drug-likeness (QED) is 0.847. The molecule has 116 valence electrons. The standard InChI is InChI=1S/C17H27N3O/c1-18(2)9-8-13-10-14-6-7-15(19(3)4)11-16(14)17(21)20(5)12-13/h6-7,11,13H,8-10,12H2,1-5H3. The molecule has 1 aliphatic rings. The van der Waals surface area contributed by atoms with Gasteiger partial charge in [0, 0.05) is 38.9 Å². The highest BCUT2D eigenvalue weighted by atomic mass is 16.2. The molecule has 1 aliphatic heterocycles. The molecule has 1 unspecified atom stereocenters. The summed E-state index contributed by atoms with van der Waals surface area (Å²) in [5, 5.41) is 0. The highest BCUT2D eigenvalue weighted by Crippen LogP contribution is 2.26. The van der Waals surface area contributed by atoms with Crippen LogP contribution in [0, 0.1) is 5.92 Å². The van der Waals surface area contributed by atoms with Crippen LogP contribution in [0.25, 0.3) is 0 Å². The molecular formula is C17H27N3O. The zero-order valence-electron chi connectivity index (χ0n) is 13.9. The maximum absolute atomic E-state index is 12.6. The fraction of sp³-hybridized carbons (Fsp3) is 0.588. The number of hydrogen-bond acceptors (Lipinski definition) is 3. The van der Waals surface area contributed by atoms with Gasteiger partial charge >= 0.3 is 0 Å². The number of hydrogen-bond donors (Lipinski definition) is 0. The zero-order chi connectivity index (χ0) is 15.6. The van der Waals surface area contributed by atoms with E-state index in [1.165, 1.54) is 5.56 Å². The van der Waals surface area contributed by atoms with Crippen LogP contribution in [-0.2, 0) is 6.42 Å². The molecule has 0 aliphatic carbocycles. The lowest BCUT2D eigenvalue weighted by Crippen LogP contribution is -2.31. The van der Waals surface area contributed by atoms with Crippen molar-refractivity contribution >= 4 is 11.6 Å². The van der Waals surface area contributed by atoms with E-state index in [9.17, 15) is 4.79 Å². The van der Waals surface area contributed by atoms with Crippen LogP contribution in [0.5, 0.6) is 0 Å². The van der Waals surface area contributed by atoms with Gasteiger partial charge in [-0.1, -0.05) is 6.07 Å². The Labute approximate surface area is 128 Å². The van der Waals surface area contributed by atoms with Crippen LogP contribution in [0.3, 0.4) is 0 Å². The average Bonchev–Trinajstić information content (AvgIpc) is 2.54. The minimum absolute atomic E-state index is 0.154. The lowest BCUT2D eigenvalue weighted by molar-refractivity contribution is 0.0779. The van der Waals surface area contributed by atoms with Gasteiger partial charge in [0.15, 0.2) is 0 Å².